The zero-order valence-corrected chi connectivity index (χ0v) is 15.7. The van der Waals surface area contributed by atoms with Crippen LogP contribution in [0.1, 0.15) is 43.4 Å². The normalized spacial score (nSPS) is 11.4. The number of pyridine rings is 1. The maximum absolute atomic E-state index is 4.58. The van der Waals surface area contributed by atoms with Crippen molar-refractivity contribution in [2.45, 2.75) is 33.1 Å². The second-order valence-electron chi connectivity index (χ2n) is 6.18. The van der Waals surface area contributed by atoms with Gasteiger partial charge in [0.2, 0.25) is 0 Å². The van der Waals surface area contributed by atoms with E-state index in [9.17, 15) is 0 Å². The number of aliphatic imine (C=N–C) groups is 1. The standard InChI is InChI=1S/C22H29N3/c1-5-15-25(16-6-2)18(3)20-9-7-8-10-21(20)22(23-4)17-19-11-13-24-14-12-19/h7-14H,3,5-6,15-17H2,1-2,4H3/b23-22-. The van der Waals surface area contributed by atoms with Crippen molar-refractivity contribution in [1.29, 1.82) is 0 Å². The molecule has 0 aliphatic heterocycles. The quantitative estimate of drug-likeness (QED) is 0.614. The number of aromatic nitrogens is 1. The smallest absolute Gasteiger partial charge is 0.0467 e. The van der Waals surface area contributed by atoms with E-state index in [1.54, 1.807) is 0 Å². The van der Waals surface area contributed by atoms with E-state index in [1.165, 1.54) is 16.7 Å². The Kier molecular flexibility index (Phi) is 7.39. The van der Waals surface area contributed by atoms with Crippen LogP contribution in [0.4, 0.5) is 0 Å². The summed E-state index contributed by atoms with van der Waals surface area (Å²) < 4.78 is 0. The summed E-state index contributed by atoms with van der Waals surface area (Å²) in [6.45, 7) is 10.9. The van der Waals surface area contributed by atoms with Crippen LogP contribution in [0.2, 0.25) is 0 Å². The molecule has 2 aromatic rings. The summed E-state index contributed by atoms with van der Waals surface area (Å²) in [5.74, 6) is 0. The zero-order chi connectivity index (χ0) is 18.1. The van der Waals surface area contributed by atoms with Gasteiger partial charge < -0.3 is 4.90 Å². The number of nitrogens with zero attached hydrogens (tertiary/aromatic N) is 3. The van der Waals surface area contributed by atoms with Gasteiger partial charge in [0.1, 0.15) is 0 Å². The van der Waals surface area contributed by atoms with Crippen molar-refractivity contribution < 1.29 is 0 Å². The van der Waals surface area contributed by atoms with Gasteiger partial charge in [0, 0.05) is 61.5 Å². The SMILES string of the molecule is C=C(c1ccccc1/C(Cc1ccncc1)=N\C)N(CCC)CCC. The fraction of sp³-hybridized carbons (Fsp3) is 0.364. The van der Waals surface area contributed by atoms with Gasteiger partial charge in [-0.3, -0.25) is 9.98 Å². The highest BCUT2D eigenvalue weighted by Crippen LogP contribution is 2.24. The average Bonchev–Trinajstić information content (AvgIpc) is 2.66. The van der Waals surface area contributed by atoms with E-state index in [0.29, 0.717) is 0 Å². The lowest BCUT2D eigenvalue weighted by molar-refractivity contribution is 0.397. The molecule has 3 nitrogen and oxygen atoms in total. The van der Waals surface area contributed by atoms with Crippen molar-refractivity contribution in [1.82, 2.24) is 9.88 Å². The van der Waals surface area contributed by atoms with Crippen LogP contribution in [0.5, 0.6) is 0 Å². The van der Waals surface area contributed by atoms with Gasteiger partial charge >= 0.3 is 0 Å². The number of rotatable bonds is 9. The van der Waals surface area contributed by atoms with Gasteiger partial charge in [-0.2, -0.15) is 0 Å². The summed E-state index contributed by atoms with van der Waals surface area (Å²) in [5, 5.41) is 0. The van der Waals surface area contributed by atoms with Gasteiger partial charge in [0.15, 0.2) is 0 Å². The molecule has 132 valence electrons. The number of hydrogen-bond donors (Lipinski definition) is 0. The Morgan fingerprint density at radius 1 is 1.00 bits per heavy atom. The summed E-state index contributed by atoms with van der Waals surface area (Å²) in [6, 6.07) is 12.6. The van der Waals surface area contributed by atoms with Crippen molar-refractivity contribution in [3.63, 3.8) is 0 Å². The molecular formula is C22H29N3. The zero-order valence-electron chi connectivity index (χ0n) is 15.7. The molecule has 0 saturated carbocycles. The fourth-order valence-electron chi connectivity index (χ4n) is 3.07. The van der Waals surface area contributed by atoms with Gasteiger partial charge in [0.25, 0.3) is 0 Å². The third kappa shape index (κ3) is 5.02. The lowest BCUT2D eigenvalue weighted by atomic mass is 9.96. The molecule has 0 fully saturated rings. The van der Waals surface area contributed by atoms with E-state index >= 15 is 0 Å². The van der Waals surface area contributed by atoms with Crippen LogP contribution < -0.4 is 0 Å². The molecule has 1 aromatic carbocycles. The molecule has 0 unspecified atom stereocenters. The third-order valence-corrected chi connectivity index (χ3v) is 4.31. The van der Waals surface area contributed by atoms with E-state index in [1.807, 2.05) is 31.6 Å². The van der Waals surface area contributed by atoms with Crippen LogP contribution in [0.15, 0.2) is 60.4 Å². The molecule has 25 heavy (non-hydrogen) atoms. The summed E-state index contributed by atoms with van der Waals surface area (Å²) >= 11 is 0. The highest BCUT2D eigenvalue weighted by atomic mass is 15.1. The molecule has 1 heterocycles. The van der Waals surface area contributed by atoms with Crippen LogP contribution >= 0.6 is 0 Å². The van der Waals surface area contributed by atoms with Crippen LogP contribution in [-0.4, -0.2) is 35.7 Å². The van der Waals surface area contributed by atoms with Gasteiger partial charge in [-0.15, -0.1) is 0 Å². The summed E-state index contributed by atoms with van der Waals surface area (Å²) in [5.41, 5.74) is 5.74. The van der Waals surface area contributed by atoms with Gasteiger partial charge in [0.05, 0.1) is 0 Å². The Morgan fingerprint density at radius 2 is 1.60 bits per heavy atom. The second kappa shape index (κ2) is 9.77. The Morgan fingerprint density at radius 3 is 2.16 bits per heavy atom. The van der Waals surface area contributed by atoms with E-state index in [-0.39, 0.29) is 0 Å². The molecule has 0 bridgehead atoms. The molecule has 3 heteroatoms. The third-order valence-electron chi connectivity index (χ3n) is 4.31. The van der Waals surface area contributed by atoms with E-state index < -0.39 is 0 Å². The highest BCUT2D eigenvalue weighted by molar-refractivity contribution is 6.05. The van der Waals surface area contributed by atoms with Crippen LogP contribution in [0.3, 0.4) is 0 Å². The maximum atomic E-state index is 4.58. The first-order chi connectivity index (χ1) is 12.2. The lowest BCUT2D eigenvalue weighted by Crippen LogP contribution is -2.24. The first kappa shape index (κ1) is 18.9. The summed E-state index contributed by atoms with van der Waals surface area (Å²) in [7, 11) is 1.87. The van der Waals surface area contributed by atoms with Crippen molar-refractivity contribution in [2.75, 3.05) is 20.1 Å². The molecule has 0 amide bonds. The fourth-order valence-corrected chi connectivity index (χ4v) is 3.07. The molecule has 2 rings (SSSR count). The first-order valence-corrected chi connectivity index (χ1v) is 9.09. The Balaban J connectivity index is 2.34. The van der Waals surface area contributed by atoms with Crippen LogP contribution in [-0.2, 0) is 6.42 Å². The average molecular weight is 335 g/mol. The van der Waals surface area contributed by atoms with Gasteiger partial charge in [-0.1, -0.05) is 44.7 Å². The monoisotopic (exact) mass is 335 g/mol. The molecule has 0 radical (unpaired) electrons. The van der Waals surface area contributed by atoms with Crippen LogP contribution in [0, 0.1) is 0 Å². The predicted octanol–water partition coefficient (Wildman–Crippen LogP) is 4.84. The summed E-state index contributed by atoms with van der Waals surface area (Å²) in [4.78, 5) is 11.1. The minimum absolute atomic E-state index is 0.796. The van der Waals surface area contributed by atoms with Gasteiger partial charge in [-0.25, -0.2) is 0 Å². The lowest BCUT2D eigenvalue weighted by Gasteiger charge is -2.27. The molecular weight excluding hydrogens is 306 g/mol. The topological polar surface area (TPSA) is 28.5 Å². The van der Waals surface area contributed by atoms with Gasteiger partial charge in [-0.05, 0) is 30.5 Å². The van der Waals surface area contributed by atoms with Crippen molar-refractivity contribution >= 4 is 11.4 Å². The first-order valence-electron chi connectivity index (χ1n) is 9.09. The molecule has 0 saturated heterocycles. The Bertz CT molecular complexity index is 698. The van der Waals surface area contributed by atoms with E-state index in [0.717, 1.165) is 43.8 Å². The van der Waals surface area contributed by atoms with Crippen molar-refractivity contribution in [3.05, 3.63) is 72.1 Å². The van der Waals surface area contributed by atoms with E-state index in [4.69, 9.17) is 0 Å². The predicted molar refractivity (Wildman–Crippen MR) is 108 cm³/mol. The highest BCUT2D eigenvalue weighted by Gasteiger charge is 2.15. The second-order valence-corrected chi connectivity index (χ2v) is 6.18. The molecule has 0 N–H and O–H groups in total. The Hall–Kier alpha value is -2.42. The molecule has 1 aromatic heterocycles. The Labute approximate surface area is 152 Å². The van der Waals surface area contributed by atoms with Crippen molar-refractivity contribution in [2.24, 2.45) is 4.99 Å². The minimum Gasteiger partial charge on any atom is -0.372 e. The minimum atomic E-state index is 0.796. The van der Waals surface area contributed by atoms with Crippen molar-refractivity contribution in [3.8, 4) is 0 Å². The number of benzene rings is 1. The molecule has 0 atom stereocenters. The largest absolute Gasteiger partial charge is 0.372 e. The van der Waals surface area contributed by atoms with E-state index in [2.05, 4.69) is 59.6 Å². The maximum Gasteiger partial charge on any atom is 0.0467 e. The molecule has 0 aliphatic rings. The summed E-state index contributed by atoms with van der Waals surface area (Å²) in [6.07, 6.45) is 6.69. The number of hydrogen-bond acceptors (Lipinski definition) is 3. The molecule has 0 aliphatic carbocycles. The molecule has 0 spiro atoms. The van der Waals surface area contributed by atoms with Crippen LogP contribution in [0.25, 0.3) is 5.70 Å².